The normalized spacial score (nSPS) is 37.9. The average molecular weight is 228 g/mol. The monoisotopic (exact) mass is 228 g/mol. The third-order valence-electron chi connectivity index (χ3n) is 3.69. The summed E-state index contributed by atoms with van der Waals surface area (Å²) in [5.74, 6) is -0.691. The summed E-state index contributed by atoms with van der Waals surface area (Å²) < 4.78 is 17.5. The van der Waals surface area contributed by atoms with Crippen molar-refractivity contribution >= 4 is 0 Å². The molecule has 3 aliphatic heterocycles. The number of ether oxygens (including phenoxy) is 3. The van der Waals surface area contributed by atoms with Crippen LogP contribution >= 0.6 is 0 Å². The van der Waals surface area contributed by atoms with Gasteiger partial charge in [0.1, 0.15) is 0 Å². The third kappa shape index (κ3) is 2.41. The van der Waals surface area contributed by atoms with Crippen molar-refractivity contribution in [3.63, 3.8) is 0 Å². The molecule has 3 rings (SSSR count). The first-order chi connectivity index (χ1) is 7.74. The Morgan fingerprint density at radius 3 is 1.81 bits per heavy atom. The van der Waals surface area contributed by atoms with E-state index in [9.17, 15) is 0 Å². The molecule has 0 aromatic carbocycles. The maximum Gasteiger partial charge on any atom is 0.282 e. The zero-order valence-corrected chi connectivity index (χ0v) is 10.6. The van der Waals surface area contributed by atoms with Crippen molar-refractivity contribution in [2.24, 2.45) is 5.41 Å². The van der Waals surface area contributed by atoms with E-state index in [1.165, 1.54) is 12.8 Å². The van der Waals surface area contributed by atoms with E-state index >= 15 is 0 Å². The van der Waals surface area contributed by atoms with Crippen LogP contribution in [0.4, 0.5) is 0 Å². The molecule has 0 radical (unpaired) electrons. The Morgan fingerprint density at radius 1 is 0.812 bits per heavy atom. The SMILES string of the molecule is CCCCC12COC(CCCC)(OC1)OC2. The quantitative estimate of drug-likeness (QED) is 0.699. The van der Waals surface area contributed by atoms with E-state index in [1.54, 1.807) is 0 Å². The van der Waals surface area contributed by atoms with Crippen LogP contribution in [-0.4, -0.2) is 25.8 Å². The van der Waals surface area contributed by atoms with Crippen LogP contribution in [0.1, 0.15) is 52.4 Å². The Balaban J connectivity index is 1.87. The van der Waals surface area contributed by atoms with Crippen molar-refractivity contribution < 1.29 is 14.2 Å². The van der Waals surface area contributed by atoms with Crippen LogP contribution in [-0.2, 0) is 14.2 Å². The van der Waals surface area contributed by atoms with Gasteiger partial charge in [0, 0.05) is 11.8 Å². The molecule has 0 amide bonds. The summed E-state index contributed by atoms with van der Waals surface area (Å²) in [4.78, 5) is 0. The van der Waals surface area contributed by atoms with Crippen LogP contribution in [0.25, 0.3) is 0 Å². The van der Waals surface area contributed by atoms with E-state index in [2.05, 4.69) is 13.8 Å². The molecule has 0 atom stereocenters. The number of hydrogen-bond donors (Lipinski definition) is 0. The Hall–Kier alpha value is -0.120. The molecule has 0 spiro atoms. The zero-order valence-electron chi connectivity index (χ0n) is 10.6. The van der Waals surface area contributed by atoms with E-state index in [0.717, 1.165) is 45.5 Å². The van der Waals surface area contributed by atoms with Gasteiger partial charge in [-0.25, -0.2) is 0 Å². The summed E-state index contributed by atoms with van der Waals surface area (Å²) in [5, 5.41) is 0. The molecule has 0 aromatic heterocycles. The molecule has 3 aliphatic rings. The van der Waals surface area contributed by atoms with Gasteiger partial charge in [-0.1, -0.05) is 33.1 Å². The highest BCUT2D eigenvalue weighted by molar-refractivity contribution is 4.88. The molecule has 3 heteroatoms. The molecule has 94 valence electrons. The van der Waals surface area contributed by atoms with Crippen LogP contribution in [0.2, 0.25) is 0 Å². The topological polar surface area (TPSA) is 27.7 Å². The van der Waals surface area contributed by atoms with E-state index in [-0.39, 0.29) is 5.41 Å². The standard InChI is InChI=1S/C13H24O3/c1-3-5-7-12-9-14-13(15-10-12,16-11-12)8-6-4-2/h3-11H2,1-2H3. The van der Waals surface area contributed by atoms with Crippen LogP contribution in [0, 0.1) is 5.41 Å². The molecule has 0 aromatic rings. The van der Waals surface area contributed by atoms with E-state index in [0.29, 0.717) is 0 Å². The molecule has 3 nitrogen and oxygen atoms in total. The van der Waals surface area contributed by atoms with Gasteiger partial charge in [0.05, 0.1) is 19.8 Å². The minimum absolute atomic E-state index is 0.143. The maximum atomic E-state index is 5.82. The van der Waals surface area contributed by atoms with Crippen molar-refractivity contribution in [3.05, 3.63) is 0 Å². The molecular formula is C13H24O3. The highest BCUT2D eigenvalue weighted by Gasteiger charge is 2.51. The van der Waals surface area contributed by atoms with Gasteiger partial charge in [0.15, 0.2) is 0 Å². The first kappa shape index (κ1) is 12.3. The minimum Gasteiger partial charge on any atom is -0.327 e. The van der Waals surface area contributed by atoms with E-state index in [1.807, 2.05) is 0 Å². The summed E-state index contributed by atoms with van der Waals surface area (Å²) in [6, 6.07) is 0. The third-order valence-corrected chi connectivity index (χ3v) is 3.69. The molecule has 16 heavy (non-hydrogen) atoms. The lowest BCUT2D eigenvalue weighted by Gasteiger charge is -2.52. The highest BCUT2D eigenvalue weighted by atomic mass is 16.9. The minimum atomic E-state index is -0.691. The fourth-order valence-electron chi connectivity index (χ4n) is 2.42. The second-order valence-electron chi connectivity index (χ2n) is 5.26. The molecule has 0 N–H and O–H groups in total. The Kier molecular flexibility index (Phi) is 3.88. The first-order valence-corrected chi connectivity index (χ1v) is 6.66. The largest absolute Gasteiger partial charge is 0.327 e. The van der Waals surface area contributed by atoms with Gasteiger partial charge in [0.2, 0.25) is 0 Å². The lowest BCUT2D eigenvalue weighted by atomic mass is 9.83. The van der Waals surface area contributed by atoms with Crippen molar-refractivity contribution in [1.29, 1.82) is 0 Å². The fraction of sp³-hybridized carbons (Fsp3) is 1.00. The predicted molar refractivity (Wildman–Crippen MR) is 62.1 cm³/mol. The van der Waals surface area contributed by atoms with Gasteiger partial charge >= 0.3 is 0 Å². The summed E-state index contributed by atoms with van der Waals surface area (Å²) in [6.07, 6.45) is 6.74. The lowest BCUT2D eigenvalue weighted by Crippen LogP contribution is -2.59. The van der Waals surface area contributed by atoms with Crippen LogP contribution in [0.3, 0.4) is 0 Å². The van der Waals surface area contributed by atoms with Crippen molar-refractivity contribution in [2.45, 2.75) is 58.3 Å². The summed E-state index contributed by atoms with van der Waals surface area (Å²) in [6.45, 7) is 6.84. The molecular weight excluding hydrogens is 204 g/mol. The van der Waals surface area contributed by atoms with Crippen LogP contribution in [0.15, 0.2) is 0 Å². The van der Waals surface area contributed by atoms with Crippen molar-refractivity contribution in [1.82, 2.24) is 0 Å². The number of fused-ring (bicyclic) bond motifs is 3. The van der Waals surface area contributed by atoms with Crippen LogP contribution in [0.5, 0.6) is 0 Å². The van der Waals surface area contributed by atoms with Gasteiger partial charge in [-0.3, -0.25) is 0 Å². The molecule has 3 fully saturated rings. The van der Waals surface area contributed by atoms with E-state index in [4.69, 9.17) is 14.2 Å². The van der Waals surface area contributed by atoms with Crippen molar-refractivity contribution in [2.75, 3.05) is 19.8 Å². The van der Waals surface area contributed by atoms with Gasteiger partial charge in [0.25, 0.3) is 5.97 Å². The highest BCUT2D eigenvalue weighted by Crippen LogP contribution is 2.43. The Morgan fingerprint density at radius 2 is 1.31 bits per heavy atom. The number of unbranched alkanes of at least 4 members (excludes halogenated alkanes) is 2. The van der Waals surface area contributed by atoms with Gasteiger partial charge in [-0.2, -0.15) is 0 Å². The van der Waals surface area contributed by atoms with Gasteiger partial charge in [-0.15, -0.1) is 0 Å². The molecule has 0 aliphatic carbocycles. The summed E-state index contributed by atoms with van der Waals surface area (Å²) in [5.41, 5.74) is 0.143. The summed E-state index contributed by atoms with van der Waals surface area (Å²) >= 11 is 0. The second-order valence-corrected chi connectivity index (χ2v) is 5.26. The van der Waals surface area contributed by atoms with Gasteiger partial charge in [-0.05, 0) is 12.8 Å². The molecule has 3 saturated heterocycles. The first-order valence-electron chi connectivity index (χ1n) is 6.66. The number of rotatable bonds is 6. The smallest absolute Gasteiger partial charge is 0.282 e. The lowest BCUT2D eigenvalue weighted by molar-refractivity contribution is -0.470. The maximum absolute atomic E-state index is 5.82. The average Bonchev–Trinajstić information content (AvgIpc) is 2.37. The van der Waals surface area contributed by atoms with Crippen LogP contribution < -0.4 is 0 Å². The summed E-state index contributed by atoms with van der Waals surface area (Å²) in [7, 11) is 0. The molecule has 0 saturated carbocycles. The van der Waals surface area contributed by atoms with Gasteiger partial charge < -0.3 is 14.2 Å². The second kappa shape index (κ2) is 5.03. The Labute approximate surface area is 98.4 Å². The fourth-order valence-corrected chi connectivity index (χ4v) is 2.42. The molecule has 2 bridgehead atoms. The van der Waals surface area contributed by atoms with E-state index < -0.39 is 5.97 Å². The van der Waals surface area contributed by atoms with Crippen molar-refractivity contribution in [3.8, 4) is 0 Å². The number of hydrogen-bond acceptors (Lipinski definition) is 3. The zero-order chi connectivity index (χ0) is 11.5. The molecule has 3 heterocycles. The predicted octanol–water partition coefficient (Wildman–Crippen LogP) is 3.08. The molecule has 0 unspecified atom stereocenters. The Bertz CT molecular complexity index is 179.